The minimum atomic E-state index is 0. The first-order chi connectivity index (χ1) is 8.13. The van der Waals surface area contributed by atoms with Gasteiger partial charge in [-0.3, -0.25) is 4.90 Å². The Balaban J connectivity index is 0.00000162. The SMILES string of the molecule is Cc1ccc(CN(C)Cc2cccc(N)c2)s1.Cl. The Kier molecular flexibility index (Phi) is 5.66. The number of halogens is 1. The third-order valence-electron chi connectivity index (χ3n) is 2.63. The molecule has 1 aromatic heterocycles. The molecule has 0 aliphatic heterocycles. The van der Waals surface area contributed by atoms with Crippen molar-refractivity contribution in [1.29, 1.82) is 0 Å². The number of rotatable bonds is 4. The summed E-state index contributed by atoms with van der Waals surface area (Å²) in [7, 11) is 2.14. The zero-order valence-corrected chi connectivity index (χ0v) is 12.4. The zero-order chi connectivity index (χ0) is 12.3. The van der Waals surface area contributed by atoms with E-state index in [0.717, 1.165) is 18.8 Å². The third-order valence-corrected chi connectivity index (χ3v) is 3.61. The van der Waals surface area contributed by atoms with Crippen molar-refractivity contribution in [3.05, 3.63) is 51.7 Å². The number of hydrogen-bond donors (Lipinski definition) is 1. The number of thiophene rings is 1. The van der Waals surface area contributed by atoms with E-state index in [2.05, 4.69) is 37.1 Å². The molecule has 0 unspecified atom stereocenters. The summed E-state index contributed by atoms with van der Waals surface area (Å²) in [4.78, 5) is 5.09. The van der Waals surface area contributed by atoms with Crippen molar-refractivity contribution in [2.45, 2.75) is 20.0 Å². The predicted octanol–water partition coefficient (Wildman–Crippen LogP) is 3.69. The molecule has 0 amide bonds. The van der Waals surface area contributed by atoms with E-state index in [1.54, 1.807) is 0 Å². The van der Waals surface area contributed by atoms with Gasteiger partial charge in [-0.2, -0.15) is 0 Å². The Labute approximate surface area is 119 Å². The molecule has 0 radical (unpaired) electrons. The molecule has 0 atom stereocenters. The normalized spacial score (nSPS) is 10.4. The monoisotopic (exact) mass is 282 g/mol. The van der Waals surface area contributed by atoms with Gasteiger partial charge in [0.25, 0.3) is 0 Å². The van der Waals surface area contributed by atoms with Crippen molar-refractivity contribution in [2.75, 3.05) is 12.8 Å². The van der Waals surface area contributed by atoms with Crippen molar-refractivity contribution < 1.29 is 0 Å². The molecule has 0 saturated carbocycles. The van der Waals surface area contributed by atoms with Crippen molar-refractivity contribution >= 4 is 29.4 Å². The van der Waals surface area contributed by atoms with Gasteiger partial charge in [0.2, 0.25) is 0 Å². The Hall–Kier alpha value is -1.03. The number of nitrogen functional groups attached to an aromatic ring is 1. The number of nitrogens with two attached hydrogens (primary N) is 1. The molecule has 2 aromatic rings. The molecule has 2 N–H and O–H groups in total. The fraction of sp³-hybridized carbons (Fsp3) is 0.286. The molecule has 0 fully saturated rings. The molecule has 1 heterocycles. The predicted molar refractivity (Wildman–Crippen MR) is 82.3 cm³/mol. The van der Waals surface area contributed by atoms with E-state index < -0.39 is 0 Å². The number of benzene rings is 1. The van der Waals surface area contributed by atoms with E-state index >= 15 is 0 Å². The number of aryl methyl sites for hydroxylation is 1. The van der Waals surface area contributed by atoms with Crippen LogP contribution in [0.4, 0.5) is 5.69 Å². The van der Waals surface area contributed by atoms with Gasteiger partial charge in [-0.25, -0.2) is 0 Å². The quantitative estimate of drug-likeness (QED) is 0.867. The van der Waals surface area contributed by atoms with Crippen molar-refractivity contribution in [2.24, 2.45) is 0 Å². The van der Waals surface area contributed by atoms with Crippen LogP contribution >= 0.6 is 23.7 Å². The van der Waals surface area contributed by atoms with E-state index in [1.165, 1.54) is 15.3 Å². The summed E-state index contributed by atoms with van der Waals surface area (Å²) >= 11 is 1.86. The summed E-state index contributed by atoms with van der Waals surface area (Å²) in [5.41, 5.74) is 7.87. The van der Waals surface area contributed by atoms with Gasteiger partial charge < -0.3 is 5.73 Å². The van der Waals surface area contributed by atoms with Crippen LogP contribution in [0.1, 0.15) is 15.3 Å². The highest BCUT2D eigenvalue weighted by Crippen LogP contribution is 2.17. The highest BCUT2D eigenvalue weighted by molar-refractivity contribution is 7.11. The third kappa shape index (κ3) is 4.33. The summed E-state index contributed by atoms with van der Waals surface area (Å²) in [6.07, 6.45) is 0. The van der Waals surface area contributed by atoms with Crippen LogP contribution in [0.15, 0.2) is 36.4 Å². The highest BCUT2D eigenvalue weighted by atomic mass is 35.5. The molecule has 98 valence electrons. The van der Waals surface area contributed by atoms with Gasteiger partial charge >= 0.3 is 0 Å². The highest BCUT2D eigenvalue weighted by Gasteiger charge is 2.03. The maximum Gasteiger partial charge on any atom is 0.0328 e. The van der Waals surface area contributed by atoms with Gasteiger partial charge in [0.1, 0.15) is 0 Å². The molecule has 0 aliphatic rings. The van der Waals surface area contributed by atoms with Gasteiger partial charge in [0, 0.05) is 28.5 Å². The largest absolute Gasteiger partial charge is 0.399 e. The van der Waals surface area contributed by atoms with Crippen molar-refractivity contribution in [1.82, 2.24) is 4.90 Å². The molecule has 0 saturated heterocycles. The summed E-state index contributed by atoms with van der Waals surface area (Å²) in [6.45, 7) is 4.07. The minimum Gasteiger partial charge on any atom is -0.399 e. The second-order valence-corrected chi connectivity index (χ2v) is 5.80. The fourth-order valence-corrected chi connectivity index (χ4v) is 2.87. The fourth-order valence-electron chi connectivity index (χ4n) is 1.90. The first-order valence-corrected chi connectivity index (χ1v) is 6.53. The first kappa shape index (κ1) is 15.0. The van der Waals surface area contributed by atoms with Crippen LogP contribution in [0.3, 0.4) is 0 Å². The molecule has 1 aromatic carbocycles. The molecule has 2 nitrogen and oxygen atoms in total. The average molecular weight is 283 g/mol. The Morgan fingerprint density at radius 1 is 1.17 bits per heavy atom. The Morgan fingerprint density at radius 2 is 1.94 bits per heavy atom. The zero-order valence-electron chi connectivity index (χ0n) is 10.7. The number of anilines is 1. The minimum absolute atomic E-state index is 0. The molecule has 0 bridgehead atoms. The maximum atomic E-state index is 5.77. The lowest BCUT2D eigenvalue weighted by Gasteiger charge is -2.15. The van der Waals surface area contributed by atoms with Gasteiger partial charge in [-0.1, -0.05) is 12.1 Å². The van der Waals surface area contributed by atoms with Crippen LogP contribution in [0.25, 0.3) is 0 Å². The maximum absolute atomic E-state index is 5.77. The van der Waals surface area contributed by atoms with Crippen LogP contribution in [-0.2, 0) is 13.1 Å². The molecule has 0 spiro atoms. The standard InChI is InChI=1S/C14H18N2S.ClH/c1-11-6-7-14(17-11)10-16(2)9-12-4-3-5-13(15)8-12;/h3-8H,9-10,15H2,1-2H3;1H. The van der Waals surface area contributed by atoms with Crippen LogP contribution in [0, 0.1) is 6.92 Å². The smallest absolute Gasteiger partial charge is 0.0328 e. The topological polar surface area (TPSA) is 29.3 Å². The van der Waals surface area contributed by atoms with Gasteiger partial charge in [-0.15, -0.1) is 23.7 Å². The Morgan fingerprint density at radius 3 is 2.56 bits per heavy atom. The molecule has 0 aliphatic carbocycles. The average Bonchev–Trinajstić information content (AvgIpc) is 2.63. The second kappa shape index (κ2) is 6.78. The van der Waals surface area contributed by atoms with E-state index in [4.69, 9.17) is 5.73 Å². The second-order valence-electron chi connectivity index (χ2n) is 4.43. The lowest BCUT2D eigenvalue weighted by atomic mass is 10.2. The number of hydrogen-bond acceptors (Lipinski definition) is 3. The van der Waals surface area contributed by atoms with Crippen molar-refractivity contribution in [3.8, 4) is 0 Å². The first-order valence-electron chi connectivity index (χ1n) is 5.72. The van der Waals surface area contributed by atoms with Gasteiger partial charge in [0.05, 0.1) is 0 Å². The molecular weight excluding hydrogens is 264 g/mol. The van der Waals surface area contributed by atoms with Crippen LogP contribution in [-0.4, -0.2) is 11.9 Å². The summed E-state index contributed by atoms with van der Waals surface area (Å²) in [6, 6.07) is 12.5. The summed E-state index contributed by atoms with van der Waals surface area (Å²) in [5, 5.41) is 0. The molecule has 4 heteroatoms. The lowest BCUT2D eigenvalue weighted by molar-refractivity contribution is 0.322. The summed E-state index contributed by atoms with van der Waals surface area (Å²) < 4.78 is 0. The van der Waals surface area contributed by atoms with E-state index in [1.807, 2.05) is 29.5 Å². The molecular formula is C14H19ClN2S. The van der Waals surface area contributed by atoms with Crippen LogP contribution < -0.4 is 5.73 Å². The van der Waals surface area contributed by atoms with Crippen LogP contribution in [0.5, 0.6) is 0 Å². The number of nitrogens with zero attached hydrogens (tertiary/aromatic N) is 1. The van der Waals surface area contributed by atoms with Crippen LogP contribution in [0.2, 0.25) is 0 Å². The lowest BCUT2D eigenvalue weighted by Crippen LogP contribution is -2.16. The van der Waals surface area contributed by atoms with E-state index in [9.17, 15) is 0 Å². The summed E-state index contributed by atoms with van der Waals surface area (Å²) in [5.74, 6) is 0. The van der Waals surface area contributed by atoms with Gasteiger partial charge in [-0.05, 0) is 43.8 Å². The Bertz CT molecular complexity index is 496. The van der Waals surface area contributed by atoms with E-state index in [0.29, 0.717) is 0 Å². The van der Waals surface area contributed by atoms with Gasteiger partial charge in [0.15, 0.2) is 0 Å². The van der Waals surface area contributed by atoms with Crippen molar-refractivity contribution in [3.63, 3.8) is 0 Å². The molecule has 18 heavy (non-hydrogen) atoms. The van der Waals surface area contributed by atoms with E-state index in [-0.39, 0.29) is 12.4 Å². The molecule has 2 rings (SSSR count).